The number of hydrogen-bond acceptors (Lipinski definition) is 12. The molecule has 1 N–H and O–H groups in total. The van der Waals surface area contributed by atoms with E-state index in [-0.39, 0.29) is 49.9 Å². The SMILES string of the molecule is C=CCN1C(=O)N(CCCCn2cnc(-c3cccnc3)c2)[C@@H]2[C@@H](C)C(=O)[C@H](C)C[C@](C)(OC)[C@H](O[C@@H]3O[C@H](C)C[C@H](N(C)C)[C@H]3O)[C@@H](C)C(=O)[C@](C)(F)C(=O)O[C@H](CC)[C@]21C. The number of methoxy groups -OCH3 is 1. The zero-order chi connectivity index (χ0) is 45.9. The zero-order valence-electron chi connectivity index (χ0n) is 38.5. The molecule has 3 saturated heterocycles. The van der Waals surface area contributed by atoms with Crippen LogP contribution in [-0.4, -0.2) is 152 Å². The van der Waals surface area contributed by atoms with Crippen molar-refractivity contribution < 1.29 is 47.6 Å². The summed E-state index contributed by atoms with van der Waals surface area (Å²) in [5, 5.41) is 11.5. The van der Waals surface area contributed by atoms with Gasteiger partial charge in [0, 0.05) is 74.7 Å². The number of nitrogens with zero attached hydrogens (tertiary/aromatic N) is 6. The predicted molar refractivity (Wildman–Crippen MR) is 230 cm³/mol. The minimum Gasteiger partial charge on any atom is -0.457 e. The van der Waals surface area contributed by atoms with Gasteiger partial charge in [0.05, 0.1) is 35.9 Å². The van der Waals surface area contributed by atoms with Gasteiger partial charge in [-0.15, -0.1) is 6.58 Å². The van der Waals surface area contributed by atoms with Crippen LogP contribution >= 0.6 is 0 Å². The number of alkyl halides is 1. The molecule has 2 aromatic heterocycles. The number of ketones is 2. The van der Waals surface area contributed by atoms with E-state index in [4.69, 9.17) is 18.9 Å². The monoisotopic (exact) mass is 869 g/mol. The van der Waals surface area contributed by atoms with Gasteiger partial charge in [0.2, 0.25) is 0 Å². The minimum atomic E-state index is -3.17. The molecule has 16 heteroatoms. The number of hydrogen-bond donors (Lipinski definition) is 1. The van der Waals surface area contributed by atoms with Crippen LogP contribution in [-0.2, 0) is 39.9 Å². The van der Waals surface area contributed by atoms with Crippen molar-refractivity contribution in [2.45, 2.75) is 154 Å². The predicted octanol–water partition coefficient (Wildman–Crippen LogP) is 5.49. The van der Waals surface area contributed by atoms with Gasteiger partial charge in [0.15, 0.2) is 12.1 Å². The second-order valence-corrected chi connectivity index (χ2v) is 18.4. The van der Waals surface area contributed by atoms with E-state index < -0.39 is 77.0 Å². The van der Waals surface area contributed by atoms with Crippen molar-refractivity contribution in [3.8, 4) is 11.3 Å². The van der Waals surface area contributed by atoms with E-state index in [9.17, 15) is 24.3 Å². The molecule has 0 spiro atoms. The zero-order valence-corrected chi connectivity index (χ0v) is 38.5. The summed E-state index contributed by atoms with van der Waals surface area (Å²) < 4.78 is 44.0. The van der Waals surface area contributed by atoms with Crippen molar-refractivity contribution in [2.24, 2.45) is 17.8 Å². The molecule has 5 rings (SSSR count). The molecule has 5 heterocycles. The maximum atomic E-state index is 17.1. The first-order valence-electron chi connectivity index (χ1n) is 22.0. The number of rotatable bonds is 13. The number of aryl methyl sites for hydroxylation is 1. The molecule has 0 saturated carbocycles. The number of Topliss-reactive ketones (excluding diaryl/α,β-unsaturated/α-hetero) is 2. The molecule has 0 radical (unpaired) electrons. The molecule has 13 atom stereocenters. The van der Waals surface area contributed by atoms with Gasteiger partial charge < -0.3 is 43.3 Å². The quantitative estimate of drug-likeness (QED) is 0.117. The van der Waals surface area contributed by atoms with E-state index in [0.29, 0.717) is 25.8 Å². The van der Waals surface area contributed by atoms with E-state index in [1.165, 1.54) is 14.0 Å². The number of ether oxygens (including phenoxy) is 4. The summed E-state index contributed by atoms with van der Waals surface area (Å²) in [5.74, 6) is -5.65. The van der Waals surface area contributed by atoms with Gasteiger partial charge in [0.25, 0.3) is 5.67 Å². The largest absolute Gasteiger partial charge is 0.457 e. The molecule has 3 aliphatic heterocycles. The molecule has 2 aromatic rings. The highest BCUT2D eigenvalue weighted by Crippen LogP contribution is 2.45. The molecule has 0 aliphatic carbocycles. The Labute approximate surface area is 366 Å². The van der Waals surface area contributed by atoms with Gasteiger partial charge in [-0.1, -0.05) is 33.8 Å². The second-order valence-electron chi connectivity index (χ2n) is 18.4. The Morgan fingerprint density at radius 1 is 1.08 bits per heavy atom. The van der Waals surface area contributed by atoms with Crippen molar-refractivity contribution in [2.75, 3.05) is 34.3 Å². The number of aliphatic hydroxyl groups is 1. The number of aromatic nitrogens is 3. The highest BCUT2D eigenvalue weighted by Gasteiger charge is 2.63. The topological polar surface area (TPSA) is 166 Å². The number of aliphatic hydroxyl groups excluding tert-OH is 1. The van der Waals surface area contributed by atoms with Gasteiger partial charge in [0.1, 0.15) is 23.5 Å². The third-order valence-electron chi connectivity index (χ3n) is 13.7. The third-order valence-corrected chi connectivity index (χ3v) is 13.7. The Morgan fingerprint density at radius 3 is 2.39 bits per heavy atom. The molecule has 2 amide bonds. The molecule has 0 unspecified atom stereocenters. The average Bonchev–Trinajstić information content (AvgIpc) is 3.80. The molecule has 15 nitrogen and oxygen atoms in total. The van der Waals surface area contributed by atoms with Crippen molar-refractivity contribution in [1.82, 2.24) is 29.2 Å². The summed E-state index contributed by atoms with van der Waals surface area (Å²) >= 11 is 0. The fourth-order valence-corrected chi connectivity index (χ4v) is 10.2. The first-order valence-corrected chi connectivity index (χ1v) is 22.0. The molecule has 0 aromatic carbocycles. The Hall–Kier alpha value is -4.09. The molecule has 344 valence electrons. The summed E-state index contributed by atoms with van der Waals surface area (Å²) in [6.07, 6.45) is 5.42. The minimum absolute atomic E-state index is 0.00871. The third kappa shape index (κ3) is 9.54. The summed E-state index contributed by atoms with van der Waals surface area (Å²) in [6, 6.07) is 2.22. The van der Waals surface area contributed by atoms with Crippen molar-refractivity contribution in [1.29, 1.82) is 0 Å². The van der Waals surface area contributed by atoms with Crippen LogP contribution in [0.4, 0.5) is 9.18 Å². The van der Waals surface area contributed by atoms with Crippen LogP contribution in [0, 0.1) is 17.8 Å². The molecule has 0 bridgehead atoms. The number of urea groups is 1. The second kappa shape index (κ2) is 19.7. The molecule has 3 aliphatic rings. The number of fused-ring (bicyclic) bond motifs is 1. The number of unbranched alkanes of at least 4 members (excludes halogenated alkanes) is 1. The van der Waals surface area contributed by atoms with Crippen LogP contribution in [0.2, 0.25) is 0 Å². The first-order chi connectivity index (χ1) is 29.2. The smallest absolute Gasteiger partial charge is 0.351 e. The molecule has 62 heavy (non-hydrogen) atoms. The number of carbonyl (C=O) groups excluding carboxylic acids is 4. The van der Waals surface area contributed by atoms with Gasteiger partial charge in [-0.05, 0) is 86.0 Å². The molecular weight excluding hydrogens is 800 g/mol. The van der Waals surface area contributed by atoms with E-state index in [1.54, 1.807) is 69.2 Å². The first kappa shape index (κ1) is 48.9. The summed E-state index contributed by atoms with van der Waals surface area (Å²) in [4.78, 5) is 72.1. The normalized spacial score (nSPS) is 36.4. The van der Waals surface area contributed by atoms with Crippen molar-refractivity contribution >= 4 is 23.6 Å². The molecule has 3 fully saturated rings. The van der Waals surface area contributed by atoms with Gasteiger partial charge in [-0.2, -0.15) is 0 Å². The fraction of sp³-hybridized carbons (Fsp3) is 0.696. The van der Waals surface area contributed by atoms with Gasteiger partial charge >= 0.3 is 12.0 Å². The van der Waals surface area contributed by atoms with Crippen LogP contribution in [0.1, 0.15) is 87.5 Å². The van der Waals surface area contributed by atoms with Gasteiger partial charge in [-0.25, -0.2) is 19.0 Å². The standard InChI is InChI=1S/C46H69FN6O9/c1-13-20-53-43(58)52(22-16-15-21-51-26-33(49-27-51)32-18-17-19-48-25-32)38-30(5)36(54)28(3)24-44(7,59-12)40(62-41-37(55)34(50(10)11)23-29(4)60-41)31(6)39(56)45(8,47)42(57)61-35(14-2)46(38,53)9/h13,17-19,25-31,34-35,37-38,40-41,55H,1,14-16,20-24H2,2-12H3/t28-,29-,30+,31+,34+,35-,37-,38-,40-,41+,44+,45+,46-/m1/s1. The van der Waals surface area contributed by atoms with Crippen LogP contribution in [0.15, 0.2) is 49.7 Å². The summed E-state index contributed by atoms with van der Waals surface area (Å²) in [5.41, 5.74) is -4.29. The number of imidazole rings is 1. The lowest BCUT2D eigenvalue weighted by atomic mass is 9.72. The number of likely N-dealkylation sites (N-methyl/N-ethyl adjacent to an activating group) is 1. The Kier molecular flexibility index (Phi) is 15.6. The lowest BCUT2D eigenvalue weighted by Crippen LogP contribution is -2.64. The number of amides is 2. The van der Waals surface area contributed by atoms with Crippen LogP contribution in [0.3, 0.4) is 0 Å². The Balaban J connectivity index is 1.52. The average molecular weight is 869 g/mol. The Morgan fingerprint density at radius 2 is 1.77 bits per heavy atom. The maximum absolute atomic E-state index is 17.1. The van der Waals surface area contributed by atoms with E-state index >= 15 is 4.39 Å². The van der Waals surface area contributed by atoms with Gasteiger partial charge in [-0.3, -0.25) is 14.6 Å². The number of pyridine rings is 1. The molecular formula is C46H69FN6O9. The number of carbonyl (C=O) groups is 4. The lowest BCUT2D eigenvalue weighted by Gasteiger charge is -2.48. The van der Waals surface area contributed by atoms with E-state index in [2.05, 4.69) is 16.5 Å². The number of cyclic esters (lactones) is 1. The lowest BCUT2D eigenvalue weighted by molar-refractivity contribution is -0.295. The highest BCUT2D eigenvalue weighted by atomic mass is 19.1. The van der Waals surface area contributed by atoms with Crippen LogP contribution < -0.4 is 0 Å². The summed E-state index contributed by atoms with van der Waals surface area (Å²) in [6.45, 7) is 17.8. The van der Waals surface area contributed by atoms with Crippen LogP contribution in [0.25, 0.3) is 11.3 Å². The number of esters is 1. The summed E-state index contributed by atoms with van der Waals surface area (Å²) in [7, 11) is 5.08. The Bertz CT molecular complexity index is 1900. The van der Waals surface area contributed by atoms with Crippen molar-refractivity contribution in [3.05, 3.63) is 49.7 Å². The number of halogens is 1. The maximum Gasteiger partial charge on any atom is 0.351 e. The van der Waals surface area contributed by atoms with Crippen LogP contribution in [0.5, 0.6) is 0 Å². The van der Waals surface area contributed by atoms with E-state index in [0.717, 1.165) is 18.2 Å². The fourth-order valence-electron chi connectivity index (χ4n) is 10.2. The highest BCUT2D eigenvalue weighted by molar-refractivity contribution is 6.08. The van der Waals surface area contributed by atoms with Crippen molar-refractivity contribution in [3.63, 3.8) is 0 Å². The van der Waals surface area contributed by atoms with E-state index in [1.807, 2.05) is 48.8 Å².